The van der Waals surface area contributed by atoms with Gasteiger partial charge >= 0.3 is 0 Å². The van der Waals surface area contributed by atoms with Crippen LogP contribution in [0.3, 0.4) is 0 Å². The molecule has 5 heteroatoms. The van der Waals surface area contributed by atoms with E-state index in [1.165, 1.54) is 51.4 Å². The van der Waals surface area contributed by atoms with E-state index in [1.54, 1.807) is 0 Å². The quantitative estimate of drug-likeness (QED) is 0.591. The topological polar surface area (TPSA) is 57.1 Å². The average molecular weight is 352 g/mol. The van der Waals surface area contributed by atoms with Gasteiger partial charge < -0.3 is 20.1 Å². The number of ether oxygens (including phenoxy) is 1. The predicted octanol–water partition coefficient (Wildman–Crippen LogP) is 2.79. The lowest BCUT2D eigenvalue weighted by Crippen LogP contribution is -2.53. The Kier molecular flexibility index (Phi) is 6.61. The van der Waals surface area contributed by atoms with Gasteiger partial charge in [-0.3, -0.25) is 4.99 Å². The van der Waals surface area contributed by atoms with Crippen LogP contribution in [0.25, 0.3) is 0 Å². The second-order valence-corrected chi connectivity index (χ2v) is 8.53. The smallest absolute Gasteiger partial charge is 0.193 e. The SMILES string of the molecule is CCNC(=NCC1(CCO)CCCC1)N1CCCC2(CCCOC2)C1. The van der Waals surface area contributed by atoms with Crippen molar-refractivity contribution in [1.29, 1.82) is 0 Å². The Bertz CT molecular complexity index is 435. The standard InChI is InChI=1S/C20H37N3O2/c1-2-21-18(22-15-19(11-13-24)7-3-4-8-19)23-12-5-9-20(16-23)10-6-14-25-17-20/h24H,2-17H2,1H3,(H,21,22). The van der Waals surface area contributed by atoms with Crippen LogP contribution in [0, 0.1) is 10.8 Å². The lowest BCUT2D eigenvalue weighted by atomic mass is 9.76. The van der Waals surface area contributed by atoms with Crippen molar-refractivity contribution < 1.29 is 9.84 Å². The number of hydrogen-bond donors (Lipinski definition) is 2. The van der Waals surface area contributed by atoms with E-state index in [1.807, 2.05) is 0 Å². The molecule has 25 heavy (non-hydrogen) atoms. The van der Waals surface area contributed by atoms with Gasteiger partial charge in [-0.1, -0.05) is 12.8 Å². The summed E-state index contributed by atoms with van der Waals surface area (Å²) in [7, 11) is 0. The van der Waals surface area contributed by atoms with Gasteiger partial charge in [0.05, 0.1) is 6.61 Å². The van der Waals surface area contributed by atoms with Crippen molar-refractivity contribution in [2.45, 2.75) is 64.7 Å². The summed E-state index contributed by atoms with van der Waals surface area (Å²) in [6.07, 6.45) is 10.9. The first kappa shape index (κ1) is 19.0. The van der Waals surface area contributed by atoms with Gasteiger partial charge in [0.2, 0.25) is 0 Å². The molecule has 3 aliphatic rings. The van der Waals surface area contributed by atoms with Crippen LogP contribution in [-0.2, 0) is 4.74 Å². The fourth-order valence-corrected chi connectivity index (χ4v) is 5.14. The lowest BCUT2D eigenvalue weighted by Gasteiger charge is -2.46. The molecular formula is C20H37N3O2. The van der Waals surface area contributed by atoms with Crippen molar-refractivity contribution >= 4 is 5.96 Å². The van der Waals surface area contributed by atoms with Crippen LogP contribution >= 0.6 is 0 Å². The maximum absolute atomic E-state index is 9.49. The molecule has 0 aromatic heterocycles. The minimum atomic E-state index is 0.233. The summed E-state index contributed by atoms with van der Waals surface area (Å²) >= 11 is 0. The third kappa shape index (κ3) is 4.68. The van der Waals surface area contributed by atoms with E-state index in [4.69, 9.17) is 9.73 Å². The molecule has 144 valence electrons. The first-order chi connectivity index (χ1) is 12.2. The van der Waals surface area contributed by atoms with Crippen LogP contribution in [0.4, 0.5) is 0 Å². The number of rotatable bonds is 5. The number of nitrogens with one attached hydrogen (secondary N) is 1. The molecule has 0 aromatic carbocycles. The molecule has 1 unspecified atom stereocenters. The molecule has 1 saturated carbocycles. The van der Waals surface area contributed by atoms with Crippen molar-refractivity contribution in [2.24, 2.45) is 15.8 Å². The van der Waals surface area contributed by atoms with Gasteiger partial charge in [-0.05, 0) is 57.3 Å². The van der Waals surface area contributed by atoms with E-state index in [2.05, 4.69) is 17.1 Å². The van der Waals surface area contributed by atoms with E-state index < -0.39 is 0 Å². The van der Waals surface area contributed by atoms with Crippen LogP contribution in [0.15, 0.2) is 4.99 Å². The number of aliphatic imine (C=N–C) groups is 1. The molecule has 0 radical (unpaired) electrons. The Balaban J connectivity index is 1.68. The predicted molar refractivity (Wildman–Crippen MR) is 102 cm³/mol. The van der Waals surface area contributed by atoms with Crippen molar-refractivity contribution in [3.05, 3.63) is 0 Å². The van der Waals surface area contributed by atoms with Gasteiger partial charge in [-0.25, -0.2) is 0 Å². The second-order valence-electron chi connectivity index (χ2n) is 8.53. The van der Waals surface area contributed by atoms with Gasteiger partial charge in [0.1, 0.15) is 0 Å². The number of hydrogen-bond acceptors (Lipinski definition) is 3. The summed E-state index contributed by atoms with van der Waals surface area (Å²) < 4.78 is 5.83. The fourth-order valence-electron chi connectivity index (χ4n) is 5.14. The molecule has 3 rings (SSSR count). The zero-order chi connectivity index (χ0) is 17.6. The molecule has 2 heterocycles. The van der Waals surface area contributed by atoms with Gasteiger partial charge in [0.15, 0.2) is 5.96 Å². The van der Waals surface area contributed by atoms with Gasteiger partial charge in [-0.2, -0.15) is 0 Å². The highest BCUT2D eigenvalue weighted by Crippen LogP contribution is 2.41. The van der Waals surface area contributed by atoms with Gasteiger partial charge in [-0.15, -0.1) is 0 Å². The summed E-state index contributed by atoms with van der Waals surface area (Å²) in [5.74, 6) is 1.08. The van der Waals surface area contributed by atoms with Crippen molar-refractivity contribution in [2.75, 3.05) is 46.0 Å². The molecule has 0 aromatic rings. The van der Waals surface area contributed by atoms with E-state index in [-0.39, 0.29) is 12.0 Å². The van der Waals surface area contributed by atoms with E-state index in [0.29, 0.717) is 5.41 Å². The monoisotopic (exact) mass is 351 g/mol. The first-order valence-electron chi connectivity index (χ1n) is 10.4. The number of piperidine rings is 1. The number of guanidine groups is 1. The Morgan fingerprint density at radius 1 is 1.16 bits per heavy atom. The Morgan fingerprint density at radius 2 is 1.96 bits per heavy atom. The third-order valence-electron chi connectivity index (χ3n) is 6.57. The van der Waals surface area contributed by atoms with E-state index in [0.717, 1.165) is 51.8 Å². The highest BCUT2D eigenvalue weighted by Gasteiger charge is 2.39. The number of nitrogens with zero attached hydrogens (tertiary/aromatic N) is 2. The summed E-state index contributed by atoms with van der Waals surface area (Å²) in [6, 6.07) is 0. The summed E-state index contributed by atoms with van der Waals surface area (Å²) in [5, 5.41) is 13.0. The van der Waals surface area contributed by atoms with Crippen molar-refractivity contribution in [1.82, 2.24) is 10.2 Å². The molecule has 2 saturated heterocycles. The van der Waals surface area contributed by atoms with Crippen LogP contribution in [0.2, 0.25) is 0 Å². The maximum atomic E-state index is 9.49. The van der Waals surface area contributed by atoms with E-state index >= 15 is 0 Å². The Morgan fingerprint density at radius 3 is 2.64 bits per heavy atom. The summed E-state index contributed by atoms with van der Waals surface area (Å²) in [6.45, 7) is 8.22. The number of aliphatic hydroxyl groups is 1. The fraction of sp³-hybridized carbons (Fsp3) is 0.950. The van der Waals surface area contributed by atoms with Crippen molar-refractivity contribution in [3.8, 4) is 0 Å². The molecular weight excluding hydrogens is 314 g/mol. The molecule has 5 nitrogen and oxygen atoms in total. The van der Waals surface area contributed by atoms with Crippen LogP contribution in [-0.4, -0.2) is 62.0 Å². The minimum Gasteiger partial charge on any atom is -0.396 e. The average Bonchev–Trinajstić information content (AvgIpc) is 3.08. The minimum absolute atomic E-state index is 0.233. The maximum Gasteiger partial charge on any atom is 0.193 e. The lowest BCUT2D eigenvalue weighted by molar-refractivity contribution is -0.0370. The molecule has 2 N–H and O–H groups in total. The molecule has 2 aliphatic heterocycles. The Labute approximate surface area is 153 Å². The normalized spacial score (nSPS) is 30.0. The molecule has 0 bridgehead atoms. The molecule has 1 spiro atoms. The van der Waals surface area contributed by atoms with Gasteiger partial charge in [0.25, 0.3) is 0 Å². The van der Waals surface area contributed by atoms with Crippen LogP contribution in [0.1, 0.15) is 64.7 Å². The largest absolute Gasteiger partial charge is 0.396 e. The second kappa shape index (κ2) is 8.72. The molecule has 3 fully saturated rings. The summed E-state index contributed by atoms with van der Waals surface area (Å²) in [4.78, 5) is 7.54. The molecule has 0 amide bonds. The molecule has 1 atom stereocenters. The van der Waals surface area contributed by atoms with Crippen LogP contribution < -0.4 is 5.32 Å². The summed E-state index contributed by atoms with van der Waals surface area (Å²) in [5.41, 5.74) is 0.569. The van der Waals surface area contributed by atoms with Gasteiger partial charge in [0, 0.05) is 44.8 Å². The zero-order valence-electron chi connectivity index (χ0n) is 16.1. The first-order valence-corrected chi connectivity index (χ1v) is 10.4. The zero-order valence-corrected chi connectivity index (χ0v) is 16.1. The third-order valence-corrected chi connectivity index (χ3v) is 6.57. The number of aliphatic hydroxyl groups excluding tert-OH is 1. The van der Waals surface area contributed by atoms with E-state index in [9.17, 15) is 5.11 Å². The van der Waals surface area contributed by atoms with Crippen molar-refractivity contribution in [3.63, 3.8) is 0 Å². The molecule has 1 aliphatic carbocycles. The number of likely N-dealkylation sites (tertiary alicyclic amines) is 1. The van der Waals surface area contributed by atoms with Crippen LogP contribution in [0.5, 0.6) is 0 Å². The highest BCUT2D eigenvalue weighted by molar-refractivity contribution is 5.80. The Hall–Kier alpha value is -0.810. The highest BCUT2D eigenvalue weighted by atomic mass is 16.5.